The van der Waals surface area contributed by atoms with Crippen LogP contribution >= 0.6 is 0 Å². The number of benzene rings is 1. The maximum absolute atomic E-state index is 13.0. The zero-order chi connectivity index (χ0) is 21.6. The largest absolute Gasteiger partial charge is 0.340 e. The number of nitrogens with one attached hydrogen (secondary N) is 1. The molecule has 2 atom stereocenters. The monoisotopic (exact) mass is 421 g/mol. The van der Waals surface area contributed by atoms with Crippen molar-refractivity contribution in [3.8, 4) is 0 Å². The molecule has 0 aliphatic carbocycles. The fraction of sp³-hybridized carbons (Fsp3) is 0.550. The number of imide groups is 1. The Labute approximate surface area is 171 Å². The average molecular weight is 422 g/mol. The molecule has 2 aliphatic heterocycles. The number of sulfone groups is 1. The number of carbonyl (C=O) groups excluding carboxylic acids is 3. The predicted octanol–water partition coefficient (Wildman–Crippen LogP) is 1.22. The second-order valence-corrected chi connectivity index (χ2v) is 10.5. The summed E-state index contributed by atoms with van der Waals surface area (Å²) in [5.41, 5.74) is 0.516. The summed E-state index contributed by atoms with van der Waals surface area (Å²) in [4.78, 5) is 40.3. The maximum atomic E-state index is 13.0. The van der Waals surface area contributed by atoms with Crippen molar-refractivity contribution in [2.75, 3.05) is 25.1 Å². The van der Waals surface area contributed by atoms with Crippen LogP contribution in [0.15, 0.2) is 24.3 Å². The lowest BCUT2D eigenvalue weighted by atomic mass is 9.90. The van der Waals surface area contributed by atoms with Crippen LogP contribution in [0.1, 0.15) is 44.2 Å². The molecule has 1 N–H and O–H groups in total. The smallest absolute Gasteiger partial charge is 0.325 e. The highest BCUT2D eigenvalue weighted by molar-refractivity contribution is 7.91. The van der Waals surface area contributed by atoms with Gasteiger partial charge in [-0.15, -0.1) is 0 Å². The summed E-state index contributed by atoms with van der Waals surface area (Å²) in [5.74, 6) is -0.664. The molecule has 0 saturated carbocycles. The molecule has 2 aliphatic rings. The molecule has 29 heavy (non-hydrogen) atoms. The molecule has 0 radical (unpaired) electrons. The summed E-state index contributed by atoms with van der Waals surface area (Å²) < 4.78 is 23.3. The summed E-state index contributed by atoms with van der Waals surface area (Å²) in [7, 11) is -1.63. The van der Waals surface area contributed by atoms with Gasteiger partial charge in [0.05, 0.1) is 11.5 Å². The van der Waals surface area contributed by atoms with Crippen LogP contribution in [0.5, 0.6) is 0 Å². The van der Waals surface area contributed by atoms with E-state index in [2.05, 4.69) is 19.2 Å². The Morgan fingerprint density at radius 3 is 2.41 bits per heavy atom. The number of rotatable bonds is 5. The summed E-state index contributed by atoms with van der Waals surface area (Å²) in [6.07, 6.45) is 0.366. The van der Waals surface area contributed by atoms with Gasteiger partial charge in [0.25, 0.3) is 5.91 Å². The van der Waals surface area contributed by atoms with Gasteiger partial charge in [-0.3, -0.25) is 14.5 Å². The molecule has 3 rings (SSSR count). The highest BCUT2D eigenvalue weighted by atomic mass is 32.2. The molecule has 1 aromatic carbocycles. The van der Waals surface area contributed by atoms with E-state index in [1.165, 1.54) is 11.9 Å². The van der Waals surface area contributed by atoms with Gasteiger partial charge >= 0.3 is 6.03 Å². The van der Waals surface area contributed by atoms with Gasteiger partial charge in [-0.25, -0.2) is 13.2 Å². The van der Waals surface area contributed by atoms with Crippen LogP contribution < -0.4 is 5.32 Å². The third-order valence-corrected chi connectivity index (χ3v) is 7.62. The van der Waals surface area contributed by atoms with E-state index in [0.717, 1.165) is 10.5 Å². The van der Waals surface area contributed by atoms with Crippen molar-refractivity contribution >= 4 is 27.7 Å². The Morgan fingerprint density at radius 2 is 1.90 bits per heavy atom. The van der Waals surface area contributed by atoms with Gasteiger partial charge in [0.2, 0.25) is 5.91 Å². The van der Waals surface area contributed by atoms with E-state index >= 15 is 0 Å². The minimum Gasteiger partial charge on any atom is -0.340 e. The van der Waals surface area contributed by atoms with Gasteiger partial charge in [-0.05, 0) is 30.4 Å². The summed E-state index contributed by atoms with van der Waals surface area (Å²) in [6, 6.07) is 6.41. The minimum absolute atomic E-state index is 0.0445. The topological polar surface area (TPSA) is 104 Å². The van der Waals surface area contributed by atoms with Gasteiger partial charge in [0, 0.05) is 13.1 Å². The van der Waals surface area contributed by atoms with Gasteiger partial charge in [-0.2, -0.15) is 0 Å². The van der Waals surface area contributed by atoms with E-state index in [0.29, 0.717) is 17.9 Å². The number of hydrogen-bond donors (Lipinski definition) is 1. The standard InChI is InChI=1S/C20H27N3O5S/c1-13(2)14-5-7-15(8-6-14)20(3)18(25)23(19(26)21-20)11-17(24)22(4)16-9-10-29(27,28)12-16/h5-8,13,16H,9-12H2,1-4H3,(H,21,26)/t16-,20-/m1/s1. The summed E-state index contributed by atoms with van der Waals surface area (Å²) >= 11 is 0. The number of hydrogen-bond acceptors (Lipinski definition) is 5. The first-order valence-corrected chi connectivity index (χ1v) is 11.5. The lowest BCUT2D eigenvalue weighted by Crippen LogP contribution is -2.46. The molecule has 0 unspecified atom stereocenters. The van der Waals surface area contributed by atoms with Crippen molar-refractivity contribution in [1.82, 2.24) is 15.1 Å². The fourth-order valence-corrected chi connectivity index (χ4v) is 5.54. The summed E-state index contributed by atoms with van der Waals surface area (Å²) in [6.45, 7) is 5.34. The molecule has 9 heteroatoms. The molecule has 8 nitrogen and oxygen atoms in total. The molecule has 4 amide bonds. The molecule has 2 heterocycles. The molecule has 0 spiro atoms. The SMILES string of the molecule is CC(C)c1ccc([C@@]2(C)NC(=O)N(CC(=O)N(C)[C@@H]3CCS(=O)(=O)C3)C2=O)cc1. The zero-order valence-electron chi connectivity index (χ0n) is 17.1. The molecule has 2 fully saturated rings. The second kappa shape index (κ2) is 7.44. The lowest BCUT2D eigenvalue weighted by Gasteiger charge is -2.26. The van der Waals surface area contributed by atoms with Gasteiger partial charge in [0.1, 0.15) is 12.1 Å². The van der Waals surface area contributed by atoms with Crippen molar-refractivity contribution in [3.63, 3.8) is 0 Å². The van der Waals surface area contributed by atoms with Crippen LogP contribution in [0.25, 0.3) is 0 Å². The minimum atomic E-state index is -3.14. The Balaban J connectivity index is 1.74. The Kier molecular flexibility index (Phi) is 5.46. The normalized spacial score (nSPS) is 26.1. The lowest BCUT2D eigenvalue weighted by molar-refractivity contribution is -0.139. The first-order valence-electron chi connectivity index (χ1n) is 9.65. The first kappa shape index (κ1) is 21.3. The van der Waals surface area contributed by atoms with Crippen molar-refractivity contribution in [1.29, 1.82) is 0 Å². The number of carbonyl (C=O) groups is 3. The van der Waals surface area contributed by atoms with Crippen LogP contribution in [0, 0.1) is 0 Å². The van der Waals surface area contributed by atoms with Crippen molar-refractivity contribution < 1.29 is 22.8 Å². The van der Waals surface area contributed by atoms with Gasteiger partial charge in [-0.1, -0.05) is 38.1 Å². The van der Waals surface area contributed by atoms with Gasteiger partial charge < -0.3 is 10.2 Å². The zero-order valence-corrected chi connectivity index (χ0v) is 18.0. The van der Waals surface area contributed by atoms with Gasteiger partial charge in [0.15, 0.2) is 9.84 Å². The molecule has 1 aromatic rings. The molecule has 2 saturated heterocycles. The van der Waals surface area contributed by atoms with Crippen LogP contribution in [0.3, 0.4) is 0 Å². The molecule has 0 aromatic heterocycles. The Morgan fingerprint density at radius 1 is 1.28 bits per heavy atom. The average Bonchev–Trinajstić information content (AvgIpc) is 3.13. The molecule has 0 bridgehead atoms. The van der Waals surface area contributed by atoms with E-state index in [9.17, 15) is 22.8 Å². The predicted molar refractivity (Wildman–Crippen MR) is 108 cm³/mol. The van der Waals surface area contributed by atoms with Crippen LogP contribution in [0.2, 0.25) is 0 Å². The van der Waals surface area contributed by atoms with E-state index in [1.54, 1.807) is 6.92 Å². The van der Waals surface area contributed by atoms with E-state index in [1.807, 2.05) is 24.3 Å². The van der Waals surface area contributed by atoms with Crippen LogP contribution in [-0.4, -0.2) is 67.2 Å². The number of nitrogens with zero attached hydrogens (tertiary/aromatic N) is 2. The quantitative estimate of drug-likeness (QED) is 0.720. The second-order valence-electron chi connectivity index (χ2n) is 8.28. The maximum Gasteiger partial charge on any atom is 0.325 e. The number of amides is 4. The third-order valence-electron chi connectivity index (χ3n) is 5.87. The Hall–Kier alpha value is -2.42. The Bertz CT molecular complexity index is 941. The molecular weight excluding hydrogens is 394 g/mol. The van der Waals surface area contributed by atoms with Crippen molar-refractivity contribution in [2.24, 2.45) is 0 Å². The van der Waals surface area contributed by atoms with Crippen LogP contribution in [-0.2, 0) is 25.0 Å². The number of likely N-dealkylation sites (N-methyl/N-ethyl adjacent to an activating group) is 1. The van der Waals surface area contributed by atoms with Crippen molar-refractivity contribution in [2.45, 2.75) is 44.7 Å². The first-order chi connectivity index (χ1) is 13.4. The highest BCUT2D eigenvalue weighted by Gasteiger charge is 2.50. The van der Waals surface area contributed by atoms with E-state index in [-0.39, 0.29) is 11.5 Å². The van der Waals surface area contributed by atoms with E-state index in [4.69, 9.17) is 0 Å². The van der Waals surface area contributed by atoms with E-state index < -0.39 is 45.8 Å². The third kappa shape index (κ3) is 4.01. The summed E-state index contributed by atoms with van der Waals surface area (Å²) in [5, 5.41) is 2.69. The van der Waals surface area contributed by atoms with Crippen LogP contribution in [0.4, 0.5) is 4.79 Å². The molecular formula is C20H27N3O5S. The highest BCUT2D eigenvalue weighted by Crippen LogP contribution is 2.30. The van der Waals surface area contributed by atoms with Crippen molar-refractivity contribution in [3.05, 3.63) is 35.4 Å². The fourth-order valence-electron chi connectivity index (χ4n) is 3.77. The number of urea groups is 1. The molecule has 158 valence electrons.